The predicted octanol–water partition coefficient (Wildman–Crippen LogP) is 2.21. The third-order valence-corrected chi connectivity index (χ3v) is 6.97. The van der Waals surface area contributed by atoms with Crippen molar-refractivity contribution in [1.29, 1.82) is 0 Å². The molecule has 2 unspecified atom stereocenters. The molecule has 2 aromatic carbocycles. The number of carbonyl (C=O) groups is 2. The molecule has 3 N–H and O–H groups in total. The lowest BCUT2D eigenvalue weighted by Crippen LogP contribution is -2.56. The van der Waals surface area contributed by atoms with Crippen LogP contribution in [-0.2, 0) is 13.0 Å². The Hall–Kier alpha value is -3.82. The fourth-order valence-corrected chi connectivity index (χ4v) is 5.07. The fraction of sp³-hybridized carbons (Fsp3) is 0.333. The first-order valence-corrected chi connectivity index (χ1v) is 12.2. The Kier molecular flexibility index (Phi) is 6.92. The largest absolute Gasteiger partial charge is 0.390 e. The first-order chi connectivity index (χ1) is 17.5. The molecule has 2 amide bonds. The highest BCUT2D eigenvalue weighted by Crippen LogP contribution is 2.26. The molecule has 9 heteroatoms. The number of fused-ring (bicyclic) bond motifs is 1. The summed E-state index contributed by atoms with van der Waals surface area (Å²) in [5.41, 5.74) is 4.14. The SMILES string of the molecule is CNC(=O)c1cccc(Nc2cc(C(=O)N3CCC(N4CCc5ccccc5C4)C(O)C3)ncn2)c1. The molecule has 1 fully saturated rings. The summed E-state index contributed by atoms with van der Waals surface area (Å²) < 4.78 is 0. The van der Waals surface area contributed by atoms with Gasteiger partial charge < -0.3 is 20.6 Å². The van der Waals surface area contributed by atoms with Gasteiger partial charge in [-0.05, 0) is 42.2 Å². The lowest BCUT2D eigenvalue weighted by molar-refractivity contribution is -0.0139. The number of aromatic nitrogens is 2. The Balaban J connectivity index is 1.23. The highest BCUT2D eigenvalue weighted by molar-refractivity contribution is 5.95. The van der Waals surface area contributed by atoms with Crippen molar-refractivity contribution in [2.75, 3.05) is 32.0 Å². The molecule has 3 heterocycles. The van der Waals surface area contributed by atoms with Crippen molar-refractivity contribution in [2.45, 2.75) is 31.5 Å². The van der Waals surface area contributed by atoms with Crippen molar-refractivity contribution in [2.24, 2.45) is 0 Å². The molecule has 0 saturated carbocycles. The minimum Gasteiger partial charge on any atom is -0.390 e. The number of nitrogens with zero attached hydrogens (tertiary/aromatic N) is 4. The number of rotatable bonds is 5. The number of carbonyl (C=O) groups excluding carboxylic acids is 2. The summed E-state index contributed by atoms with van der Waals surface area (Å²) in [4.78, 5) is 37.5. The molecule has 0 aliphatic carbocycles. The van der Waals surface area contributed by atoms with Crippen LogP contribution in [0, 0.1) is 0 Å². The zero-order valence-electron chi connectivity index (χ0n) is 20.2. The van der Waals surface area contributed by atoms with Crippen molar-refractivity contribution in [3.8, 4) is 0 Å². The molecule has 9 nitrogen and oxygen atoms in total. The summed E-state index contributed by atoms with van der Waals surface area (Å²) in [6, 6.07) is 17.1. The molecule has 186 valence electrons. The number of aliphatic hydroxyl groups excluding tert-OH is 1. The number of aliphatic hydroxyl groups is 1. The van der Waals surface area contributed by atoms with Gasteiger partial charge in [0.25, 0.3) is 11.8 Å². The minimum atomic E-state index is -0.625. The van der Waals surface area contributed by atoms with Gasteiger partial charge in [0, 0.05) is 56.6 Å². The number of anilines is 2. The number of nitrogens with one attached hydrogen (secondary N) is 2. The summed E-state index contributed by atoms with van der Waals surface area (Å²) in [6.45, 7) is 2.56. The molecule has 0 bridgehead atoms. The van der Waals surface area contributed by atoms with Crippen LogP contribution in [0.1, 0.15) is 38.4 Å². The van der Waals surface area contributed by atoms with Crippen LogP contribution < -0.4 is 10.6 Å². The van der Waals surface area contributed by atoms with Gasteiger partial charge in [0.2, 0.25) is 0 Å². The van der Waals surface area contributed by atoms with Gasteiger partial charge in [-0.2, -0.15) is 0 Å². The van der Waals surface area contributed by atoms with E-state index in [2.05, 4.69) is 49.8 Å². The van der Waals surface area contributed by atoms with Crippen LogP contribution in [0.4, 0.5) is 11.5 Å². The van der Waals surface area contributed by atoms with E-state index in [1.54, 1.807) is 36.2 Å². The summed E-state index contributed by atoms with van der Waals surface area (Å²) in [6.07, 6.45) is 2.40. The Morgan fingerprint density at radius 2 is 1.86 bits per heavy atom. The third kappa shape index (κ3) is 5.07. The zero-order valence-corrected chi connectivity index (χ0v) is 20.2. The van der Waals surface area contributed by atoms with E-state index in [0.29, 0.717) is 30.0 Å². The van der Waals surface area contributed by atoms with Crippen LogP contribution in [0.25, 0.3) is 0 Å². The van der Waals surface area contributed by atoms with Gasteiger partial charge in [0.15, 0.2) is 0 Å². The van der Waals surface area contributed by atoms with Crippen molar-refractivity contribution in [1.82, 2.24) is 25.1 Å². The van der Waals surface area contributed by atoms with Gasteiger partial charge in [-0.1, -0.05) is 30.3 Å². The molecule has 0 spiro atoms. The van der Waals surface area contributed by atoms with E-state index < -0.39 is 6.10 Å². The fourth-order valence-electron chi connectivity index (χ4n) is 5.07. The van der Waals surface area contributed by atoms with E-state index in [9.17, 15) is 14.7 Å². The molecule has 5 rings (SSSR count). The number of β-amino-alcohol motifs (C(OH)–C–C–N with tert-alkyl or cyclic N) is 1. The van der Waals surface area contributed by atoms with E-state index in [1.165, 1.54) is 17.5 Å². The van der Waals surface area contributed by atoms with Crippen molar-refractivity contribution < 1.29 is 14.7 Å². The molecule has 2 aliphatic heterocycles. The maximum Gasteiger partial charge on any atom is 0.272 e. The van der Waals surface area contributed by atoms with Gasteiger partial charge >= 0.3 is 0 Å². The van der Waals surface area contributed by atoms with E-state index in [-0.39, 0.29) is 30.1 Å². The molecule has 1 saturated heterocycles. The highest BCUT2D eigenvalue weighted by atomic mass is 16.3. The lowest BCUT2D eigenvalue weighted by Gasteiger charge is -2.43. The van der Waals surface area contributed by atoms with Crippen LogP contribution in [0.3, 0.4) is 0 Å². The van der Waals surface area contributed by atoms with Gasteiger partial charge in [-0.25, -0.2) is 9.97 Å². The number of piperidine rings is 1. The molecular weight excluding hydrogens is 456 g/mol. The molecule has 2 atom stereocenters. The summed E-state index contributed by atoms with van der Waals surface area (Å²) in [5, 5.41) is 16.7. The number of hydrogen-bond acceptors (Lipinski definition) is 7. The topological polar surface area (TPSA) is 111 Å². The van der Waals surface area contributed by atoms with Crippen LogP contribution >= 0.6 is 0 Å². The van der Waals surface area contributed by atoms with Crippen molar-refractivity contribution >= 4 is 23.3 Å². The summed E-state index contributed by atoms with van der Waals surface area (Å²) >= 11 is 0. The molecule has 3 aromatic rings. The summed E-state index contributed by atoms with van der Waals surface area (Å²) in [7, 11) is 1.58. The second-order valence-electron chi connectivity index (χ2n) is 9.24. The van der Waals surface area contributed by atoms with Crippen molar-refractivity contribution in [3.63, 3.8) is 0 Å². The first-order valence-electron chi connectivity index (χ1n) is 12.2. The first kappa shape index (κ1) is 23.9. The smallest absolute Gasteiger partial charge is 0.272 e. The quantitative estimate of drug-likeness (QED) is 0.507. The van der Waals surface area contributed by atoms with Gasteiger partial charge in [0.05, 0.1) is 6.10 Å². The lowest BCUT2D eigenvalue weighted by atomic mass is 9.94. The minimum absolute atomic E-state index is 0.0256. The number of hydrogen-bond donors (Lipinski definition) is 3. The van der Waals surface area contributed by atoms with Gasteiger partial charge in [-0.15, -0.1) is 0 Å². The van der Waals surface area contributed by atoms with E-state index in [0.717, 1.165) is 19.5 Å². The molecular formula is C27H30N6O3. The predicted molar refractivity (Wildman–Crippen MR) is 136 cm³/mol. The Morgan fingerprint density at radius 1 is 1.03 bits per heavy atom. The summed E-state index contributed by atoms with van der Waals surface area (Å²) in [5.74, 6) is 0.0267. The maximum absolute atomic E-state index is 13.2. The van der Waals surface area contributed by atoms with Gasteiger partial charge in [0.1, 0.15) is 17.8 Å². The Labute approximate surface area is 210 Å². The van der Waals surface area contributed by atoms with Crippen LogP contribution in [0.5, 0.6) is 0 Å². The average Bonchev–Trinajstić information content (AvgIpc) is 2.92. The second kappa shape index (κ2) is 10.4. The molecule has 36 heavy (non-hydrogen) atoms. The number of amides is 2. The van der Waals surface area contributed by atoms with Crippen molar-refractivity contribution in [3.05, 3.63) is 83.3 Å². The van der Waals surface area contributed by atoms with Crippen LogP contribution in [0.2, 0.25) is 0 Å². The van der Waals surface area contributed by atoms with Crippen LogP contribution in [-0.4, -0.2) is 75.5 Å². The van der Waals surface area contributed by atoms with E-state index in [1.807, 2.05) is 6.07 Å². The zero-order chi connectivity index (χ0) is 25.1. The highest BCUT2D eigenvalue weighted by Gasteiger charge is 2.35. The Morgan fingerprint density at radius 3 is 2.67 bits per heavy atom. The molecule has 2 aliphatic rings. The monoisotopic (exact) mass is 486 g/mol. The molecule has 0 radical (unpaired) electrons. The van der Waals surface area contributed by atoms with E-state index in [4.69, 9.17) is 0 Å². The Bertz CT molecular complexity index is 1270. The van der Waals surface area contributed by atoms with Crippen LogP contribution in [0.15, 0.2) is 60.9 Å². The maximum atomic E-state index is 13.2. The standard InChI is InChI=1S/C27H30N6O3/c1-28-26(35)19-7-4-8-21(13-19)31-25-14-22(29-17-30-25)27(36)33-12-10-23(24(34)16-33)32-11-9-18-5-2-3-6-20(18)15-32/h2-8,13-14,17,23-24,34H,9-12,15-16H2,1H3,(H,28,35)(H,29,30,31). The number of benzene rings is 2. The third-order valence-electron chi connectivity index (χ3n) is 6.97. The average molecular weight is 487 g/mol. The number of likely N-dealkylation sites (tertiary alicyclic amines) is 1. The second-order valence-corrected chi connectivity index (χ2v) is 9.24. The van der Waals surface area contributed by atoms with E-state index >= 15 is 0 Å². The normalized spacial score (nSPS) is 19.9. The van der Waals surface area contributed by atoms with Gasteiger partial charge in [-0.3, -0.25) is 14.5 Å². The molecule has 1 aromatic heterocycles.